The number of unbranched alkanes of at least 4 members (excludes halogenated alkanes) is 2. The average Bonchev–Trinajstić information content (AvgIpc) is 2.83. The Morgan fingerprint density at radius 2 is 2.12 bits per heavy atom. The zero-order chi connectivity index (χ0) is 12.5. The summed E-state index contributed by atoms with van der Waals surface area (Å²) in [5, 5.41) is 0. The number of carbonyl (C=O) groups is 1. The van der Waals surface area contributed by atoms with Gasteiger partial charge in [-0.15, -0.1) is 0 Å². The number of hydrogen-bond donors (Lipinski definition) is 0. The van der Waals surface area contributed by atoms with Crippen molar-refractivity contribution in [3.05, 3.63) is 18.7 Å². The molecule has 1 atom stereocenters. The van der Waals surface area contributed by atoms with Crippen LogP contribution in [0, 0.1) is 0 Å². The number of nitrogens with zero attached hydrogens (tertiary/aromatic N) is 2. The molecule has 4 nitrogen and oxygen atoms in total. The van der Waals surface area contributed by atoms with Crippen molar-refractivity contribution in [3.63, 3.8) is 0 Å². The Labute approximate surface area is 103 Å². The Morgan fingerprint density at radius 3 is 2.71 bits per heavy atom. The molecule has 1 aromatic heterocycles. The number of ether oxygens (including phenoxy) is 1. The zero-order valence-electron chi connectivity index (χ0n) is 10.8. The van der Waals surface area contributed by atoms with Crippen LogP contribution in [0.2, 0.25) is 0 Å². The molecular weight excluding hydrogens is 216 g/mol. The van der Waals surface area contributed by atoms with Gasteiger partial charge in [-0.3, -0.25) is 0 Å². The Bertz CT molecular complexity index is 309. The first-order valence-corrected chi connectivity index (χ1v) is 6.43. The first-order valence-electron chi connectivity index (χ1n) is 6.43. The lowest BCUT2D eigenvalue weighted by atomic mass is 10.1. The molecule has 0 aliphatic carbocycles. The van der Waals surface area contributed by atoms with E-state index < -0.39 is 0 Å². The standard InChI is InChI=1S/C13H22N2O2/c1-3-5-7-12(15-9-8-14-11-15)13(16)17-10-6-4-2/h8-9,11-12H,3-7,10H2,1-2H3. The Balaban J connectivity index is 2.53. The molecule has 0 fully saturated rings. The summed E-state index contributed by atoms with van der Waals surface area (Å²) in [4.78, 5) is 15.9. The van der Waals surface area contributed by atoms with Gasteiger partial charge in [0.15, 0.2) is 0 Å². The van der Waals surface area contributed by atoms with Gasteiger partial charge in [0.2, 0.25) is 0 Å². The van der Waals surface area contributed by atoms with E-state index in [1.165, 1.54) is 0 Å². The van der Waals surface area contributed by atoms with Gasteiger partial charge in [0.25, 0.3) is 0 Å². The molecular formula is C13H22N2O2. The van der Waals surface area contributed by atoms with Crippen molar-refractivity contribution < 1.29 is 9.53 Å². The van der Waals surface area contributed by atoms with Crippen molar-refractivity contribution >= 4 is 5.97 Å². The van der Waals surface area contributed by atoms with Crippen LogP contribution in [-0.2, 0) is 9.53 Å². The van der Waals surface area contributed by atoms with Gasteiger partial charge in [0.05, 0.1) is 12.9 Å². The summed E-state index contributed by atoms with van der Waals surface area (Å²) in [5.74, 6) is -0.134. The van der Waals surface area contributed by atoms with Crippen LogP contribution < -0.4 is 0 Å². The summed E-state index contributed by atoms with van der Waals surface area (Å²) in [5.41, 5.74) is 0. The highest BCUT2D eigenvalue weighted by molar-refractivity contribution is 5.74. The first kappa shape index (κ1) is 13.7. The maximum atomic E-state index is 12.0. The van der Waals surface area contributed by atoms with E-state index >= 15 is 0 Å². The highest BCUT2D eigenvalue weighted by atomic mass is 16.5. The van der Waals surface area contributed by atoms with Gasteiger partial charge in [-0.25, -0.2) is 9.78 Å². The Kier molecular flexibility index (Phi) is 6.37. The average molecular weight is 238 g/mol. The van der Waals surface area contributed by atoms with Crippen molar-refractivity contribution in [2.45, 2.75) is 52.0 Å². The predicted molar refractivity (Wildman–Crippen MR) is 66.7 cm³/mol. The minimum atomic E-state index is -0.214. The fourth-order valence-corrected chi connectivity index (χ4v) is 1.65. The van der Waals surface area contributed by atoms with Gasteiger partial charge in [0.1, 0.15) is 6.04 Å². The van der Waals surface area contributed by atoms with E-state index in [2.05, 4.69) is 18.8 Å². The quantitative estimate of drug-likeness (QED) is 0.516. The molecule has 0 radical (unpaired) electrons. The molecule has 0 aliphatic heterocycles. The highest BCUT2D eigenvalue weighted by Crippen LogP contribution is 2.16. The molecule has 0 saturated carbocycles. The summed E-state index contributed by atoms with van der Waals surface area (Å²) in [6.07, 6.45) is 10.1. The van der Waals surface area contributed by atoms with E-state index in [-0.39, 0.29) is 12.0 Å². The van der Waals surface area contributed by atoms with Crippen LogP contribution in [0.1, 0.15) is 52.0 Å². The maximum Gasteiger partial charge on any atom is 0.329 e. The minimum Gasteiger partial charge on any atom is -0.464 e. The lowest BCUT2D eigenvalue weighted by Gasteiger charge is -2.16. The molecule has 0 spiro atoms. The van der Waals surface area contributed by atoms with E-state index in [1.807, 2.05) is 10.8 Å². The number of aromatic nitrogens is 2. The van der Waals surface area contributed by atoms with Crippen LogP contribution in [0.15, 0.2) is 18.7 Å². The van der Waals surface area contributed by atoms with Crippen molar-refractivity contribution in [3.8, 4) is 0 Å². The second-order valence-electron chi connectivity index (χ2n) is 4.19. The van der Waals surface area contributed by atoms with Crippen LogP contribution in [0.3, 0.4) is 0 Å². The summed E-state index contributed by atoms with van der Waals surface area (Å²) < 4.78 is 7.12. The molecule has 1 unspecified atom stereocenters. The van der Waals surface area contributed by atoms with E-state index in [1.54, 1.807) is 12.5 Å². The third kappa shape index (κ3) is 4.59. The van der Waals surface area contributed by atoms with Crippen LogP contribution in [0.5, 0.6) is 0 Å². The number of carbonyl (C=O) groups excluding carboxylic acids is 1. The molecule has 0 saturated heterocycles. The zero-order valence-corrected chi connectivity index (χ0v) is 10.8. The molecule has 96 valence electrons. The molecule has 1 rings (SSSR count). The lowest BCUT2D eigenvalue weighted by molar-refractivity contribution is -0.148. The number of esters is 1. The third-order valence-electron chi connectivity index (χ3n) is 2.73. The highest BCUT2D eigenvalue weighted by Gasteiger charge is 2.20. The predicted octanol–water partition coefficient (Wildman–Crippen LogP) is 2.96. The van der Waals surface area contributed by atoms with E-state index in [0.29, 0.717) is 6.61 Å². The maximum absolute atomic E-state index is 12.0. The van der Waals surface area contributed by atoms with Crippen molar-refractivity contribution in [1.82, 2.24) is 9.55 Å². The topological polar surface area (TPSA) is 44.1 Å². The minimum absolute atomic E-state index is 0.134. The van der Waals surface area contributed by atoms with Gasteiger partial charge < -0.3 is 9.30 Å². The molecule has 0 aliphatic rings. The summed E-state index contributed by atoms with van der Waals surface area (Å²) in [7, 11) is 0. The second kappa shape index (κ2) is 7.87. The van der Waals surface area contributed by atoms with E-state index in [4.69, 9.17) is 4.74 Å². The molecule has 1 aromatic rings. The van der Waals surface area contributed by atoms with Gasteiger partial charge in [-0.1, -0.05) is 33.1 Å². The van der Waals surface area contributed by atoms with Gasteiger partial charge in [-0.2, -0.15) is 0 Å². The van der Waals surface area contributed by atoms with E-state index in [0.717, 1.165) is 32.1 Å². The molecule has 17 heavy (non-hydrogen) atoms. The molecule has 4 heteroatoms. The Hall–Kier alpha value is -1.32. The fourth-order valence-electron chi connectivity index (χ4n) is 1.65. The SMILES string of the molecule is CCCCOC(=O)C(CCCC)n1ccnc1. The van der Waals surface area contributed by atoms with Crippen molar-refractivity contribution in [2.24, 2.45) is 0 Å². The Morgan fingerprint density at radius 1 is 1.35 bits per heavy atom. The van der Waals surface area contributed by atoms with Crippen LogP contribution in [0.4, 0.5) is 0 Å². The molecule has 1 heterocycles. The first-order chi connectivity index (χ1) is 8.29. The summed E-state index contributed by atoms with van der Waals surface area (Å²) in [6.45, 7) is 4.72. The van der Waals surface area contributed by atoms with Gasteiger partial charge in [-0.05, 0) is 12.8 Å². The summed E-state index contributed by atoms with van der Waals surface area (Å²) in [6, 6.07) is -0.214. The van der Waals surface area contributed by atoms with Gasteiger partial charge >= 0.3 is 5.97 Å². The van der Waals surface area contributed by atoms with Crippen LogP contribution in [0.25, 0.3) is 0 Å². The molecule has 0 amide bonds. The second-order valence-corrected chi connectivity index (χ2v) is 4.19. The number of rotatable bonds is 8. The molecule has 0 bridgehead atoms. The van der Waals surface area contributed by atoms with Gasteiger partial charge in [0, 0.05) is 12.4 Å². The largest absolute Gasteiger partial charge is 0.464 e. The summed E-state index contributed by atoms with van der Waals surface area (Å²) >= 11 is 0. The van der Waals surface area contributed by atoms with Crippen molar-refractivity contribution in [1.29, 1.82) is 0 Å². The monoisotopic (exact) mass is 238 g/mol. The molecule has 0 N–H and O–H groups in total. The fraction of sp³-hybridized carbons (Fsp3) is 0.692. The van der Waals surface area contributed by atoms with Crippen LogP contribution in [-0.4, -0.2) is 22.1 Å². The van der Waals surface area contributed by atoms with Crippen molar-refractivity contribution in [2.75, 3.05) is 6.61 Å². The smallest absolute Gasteiger partial charge is 0.329 e. The molecule has 0 aromatic carbocycles. The number of hydrogen-bond acceptors (Lipinski definition) is 3. The lowest BCUT2D eigenvalue weighted by Crippen LogP contribution is -2.21. The van der Waals surface area contributed by atoms with Crippen LogP contribution >= 0.6 is 0 Å². The number of imidazole rings is 1. The van der Waals surface area contributed by atoms with E-state index in [9.17, 15) is 4.79 Å². The third-order valence-corrected chi connectivity index (χ3v) is 2.73. The normalized spacial score (nSPS) is 12.4.